The number of aliphatic hydroxyl groups is 1. The first kappa shape index (κ1) is 28.8. The average molecular weight is 550 g/mol. The van der Waals surface area contributed by atoms with Gasteiger partial charge in [-0.1, -0.05) is 44.2 Å². The van der Waals surface area contributed by atoms with Gasteiger partial charge in [0.1, 0.15) is 0 Å². The second kappa shape index (κ2) is 11.3. The zero-order valence-electron chi connectivity index (χ0n) is 23.6. The third kappa shape index (κ3) is 5.87. The first-order valence-corrected chi connectivity index (χ1v) is 14.7. The van der Waals surface area contributed by atoms with E-state index in [9.17, 15) is 18.7 Å². The van der Waals surface area contributed by atoms with E-state index >= 15 is 0 Å². The molecule has 4 aliphatic rings. The minimum atomic E-state index is -2.71. The van der Waals surface area contributed by atoms with Crippen LogP contribution in [0.1, 0.15) is 78.2 Å². The lowest BCUT2D eigenvalue weighted by molar-refractivity contribution is -0.337. The van der Waals surface area contributed by atoms with Crippen LogP contribution in [0.3, 0.4) is 0 Å². The zero-order chi connectivity index (χ0) is 27.9. The maximum absolute atomic E-state index is 13.7. The smallest absolute Gasteiger partial charge is 0.251 e. The number of nitrogens with one attached hydrogen (secondary N) is 3. The fourth-order valence-electron chi connectivity index (χ4n) is 7.76. The molecule has 8 nitrogen and oxygen atoms in total. The summed E-state index contributed by atoms with van der Waals surface area (Å²) in [5, 5.41) is 12.4. The van der Waals surface area contributed by atoms with Crippen molar-refractivity contribution in [3.05, 3.63) is 35.9 Å². The summed E-state index contributed by atoms with van der Waals surface area (Å²) in [6.07, 6.45) is 2.49. The van der Waals surface area contributed by atoms with Crippen molar-refractivity contribution in [1.29, 1.82) is 0 Å². The van der Waals surface area contributed by atoms with E-state index in [2.05, 4.69) is 53.8 Å². The van der Waals surface area contributed by atoms with Crippen molar-refractivity contribution in [2.75, 3.05) is 0 Å². The molecule has 1 amide bonds. The highest BCUT2D eigenvalue weighted by Gasteiger charge is 2.57. The number of rotatable bonds is 7. The molecule has 2 bridgehead atoms. The molecule has 39 heavy (non-hydrogen) atoms. The molecule has 0 spiro atoms. The Hall–Kier alpha value is -1.69. The lowest BCUT2D eigenvalue weighted by Gasteiger charge is -2.50. The maximum Gasteiger partial charge on any atom is 0.251 e. The number of carbonyl (C=O) groups is 1. The average Bonchev–Trinajstić information content (AvgIpc) is 3.45. The molecule has 1 aliphatic carbocycles. The van der Waals surface area contributed by atoms with Crippen molar-refractivity contribution in [1.82, 2.24) is 26.1 Å². The van der Waals surface area contributed by atoms with E-state index in [-0.39, 0.29) is 68.5 Å². The lowest BCUT2D eigenvalue weighted by atomic mass is 9.86. The van der Waals surface area contributed by atoms with Gasteiger partial charge in [-0.05, 0) is 57.4 Å². The van der Waals surface area contributed by atoms with Crippen molar-refractivity contribution >= 4 is 5.91 Å². The van der Waals surface area contributed by atoms with E-state index in [1.807, 2.05) is 30.3 Å². The summed E-state index contributed by atoms with van der Waals surface area (Å²) in [6, 6.07) is 10.2. The van der Waals surface area contributed by atoms with Gasteiger partial charge in [-0.2, -0.15) is 0 Å². The van der Waals surface area contributed by atoms with Crippen molar-refractivity contribution in [3.8, 4) is 0 Å². The Balaban J connectivity index is 1.40. The van der Waals surface area contributed by atoms with E-state index in [0.29, 0.717) is 12.3 Å². The van der Waals surface area contributed by atoms with E-state index in [1.54, 1.807) is 0 Å². The molecule has 1 aromatic carbocycles. The van der Waals surface area contributed by atoms with Gasteiger partial charge in [0.2, 0.25) is 11.8 Å². The number of alkyl halides is 2. The molecule has 4 fully saturated rings. The Bertz CT molecular complexity index is 992. The Labute approximate surface area is 230 Å². The predicted molar refractivity (Wildman–Crippen MR) is 144 cm³/mol. The molecule has 1 aromatic rings. The quantitative estimate of drug-likeness (QED) is 0.305. The van der Waals surface area contributed by atoms with Gasteiger partial charge in [-0.15, -0.1) is 0 Å². The van der Waals surface area contributed by atoms with Gasteiger partial charge >= 0.3 is 0 Å². The molecule has 218 valence electrons. The highest BCUT2D eigenvalue weighted by Crippen LogP contribution is 2.46. The predicted octanol–water partition coefficient (Wildman–Crippen LogP) is 3.73. The second-order valence-corrected chi connectivity index (χ2v) is 12.5. The third-order valence-corrected chi connectivity index (χ3v) is 9.70. The van der Waals surface area contributed by atoms with Crippen molar-refractivity contribution in [2.45, 2.75) is 121 Å². The van der Waals surface area contributed by atoms with Crippen LogP contribution in [0.15, 0.2) is 30.3 Å². The van der Waals surface area contributed by atoms with E-state index in [1.165, 1.54) is 0 Å². The van der Waals surface area contributed by atoms with Crippen LogP contribution in [0.2, 0.25) is 0 Å². The number of hydrazine groups is 1. The summed E-state index contributed by atoms with van der Waals surface area (Å²) in [6.45, 7) is 8.85. The Morgan fingerprint density at radius 2 is 1.82 bits per heavy atom. The van der Waals surface area contributed by atoms with Gasteiger partial charge in [0.15, 0.2) is 0 Å². The number of hydrogen-bond acceptors (Lipinski definition) is 7. The largest absolute Gasteiger partial charge is 0.352 e. The van der Waals surface area contributed by atoms with E-state index in [4.69, 9.17) is 4.84 Å². The highest BCUT2D eigenvalue weighted by atomic mass is 19.3. The molecule has 4 N–H and O–H groups in total. The molecule has 5 rings (SSSR count). The molecule has 3 heterocycles. The highest BCUT2D eigenvalue weighted by molar-refractivity contribution is 5.77. The zero-order valence-corrected chi connectivity index (χ0v) is 23.6. The van der Waals surface area contributed by atoms with Crippen LogP contribution in [0.25, 0.3) is 0 Å². The van der Waals surface area contributed by atoms with Gasteiger partial charge < -0.3 is 5.11 Å². The number of hydrogen-bond donors (Lipinski definition) is 4. The molecule has 3 saturated heterocycles. The fraction of sp³-hybridized carbons (Fsp3) is 0.759. The molecule has 8 unspecified atom stereocenters. The Morgan fingerprint density at radius 3 is 2.51 bits per heavy atom. The van der Waals surface area contributed by atoms with Crippen LogP contribution >= 0.6 is 0 Å². The molecule has 0 radical (unpaired) electrons. The molecule has 1 saturated carbocycles. The first-order chi connectivity index (χ1) is 18.5. The normalized spacial score (nSPS) is 37.1. The van der Waals surface area contributed by atoms with Gasteiger partial charge in [-0.25, -0.2) is 34.9 Å². The number of halogens is 2. The number of amides is 1. The number of nitrogens with zero attached hydrogens (tertiary/aromatic N) is 2. The molecule has 0 aromatic heterocycles. The summed E-state index contributed by atoms with van der Waals surface area (Å²) in [5.41, 5.74) is 10.5. The minimum absolute atomic E-state index is 0.000600. The maximum atomic E-state index is 13.7. The summed E-state index contributed by atoms with van der Waals surface area (Å²) in [4.78, 5) is 23.7. The topological polar surface area (TPSA) is 89.1 Å². The van der Waals surface area contributed by atoms with Crippen molar-refractivity contribution < 1.29 is 23.5 Å². The SMILES string of the molecule is CC1CC2CC(C)N3C(C)NNC3C(C)C1N2C(O)(CCc1ccccc1)ONC(=O)C1CCC(F)(F)CC1. The van der Waals surface area contributed by atoms with Crippen LogP contribution in [0.5, 0.6) is 0 Å². The Kier molecular flexibility index (Phi) is 8.35. The number of aryl methyl sites for hydroxylation is 1. The summed E-state index contributed by atoms with van der Waals surface area (Å²) < 4.78 is 27.4. The van der Waals surface area contributed by atoms with Gasteiger partial charge in [0, 0.05) is 49.2 Å². The number of carbonyl (C=O) groups excluding carboxylic acids is 1. The van der Waals surface area contributed by atoms with Crippen LogP contribution < -0.4 is 16.3 Å². The van der Waals surface area contributed by atoms with Crippen molar-refractivity contribution in [2.24, 2.45) is 17.8 Å². The number of hydroxylamine groups is 1. The minimum Gasteiger partial charge on any atom is -0.352 e. The summed E-state index contributed by atoms with van der Waals surface area (Å²) in [7, 11) is 0. The third-order valence-electron chi connectivity index (χ3n) is 9.70. The van der Waals surface area contributed by atoms with Crippen molar-refractivity contribution in [3.63, 3.8) is 0 Å². The molecule has 3 aliphatic heterocycles. The summed E-state index contributed by atoms with van der Waals surface area (Å²) >= 11 is 0. The van der Waals surface area contributed by atoms with E-state index in [0.717, 1.165) is 18.4 Å². The first-order valence-electron chi connectivity index (χ1n) is 14.7. The van der Waals surface area contributed by atoms with Gasteiger partial charge in [0.05, 0.1) is 12.3 Å². The Morgan fingerprint density at radius 1 is 1.13 bits per heavy atom. The van der Waals surface area contributed by atoms with Gasteiger partial charge in [0.25, 0.3) is 5.91 Å². The van der Waals surface area contributed by atoms with Crippen LogP contribution in [0.4, 0.5) is 8.78 Å². The lowest BCUT2D eigenvalue weighted by Crippen LogP contribution is -2.65. The van der Waals surface area contributed by atoms with Gasteiger partial charge in [-0.3, -0.25) is 9.69 Å². The molecule has 8 atom stereocenters. The second-order valence-electron chi connectivity index (χ2n) is 12.5. The number of fused-ring (bicyclic) bond motifs is 3. The van der Waals surface area contributed by atoms with Crippen LogP contribution in [0, 0.1) is 17.8 Å². The molecule has 10 heteroatoms. The summed E-state index contributed by atoms with van der Waals surface area (Å²) in [5.74, 6) is -4.99. The standard InChI is InChI=1S/C29H45F2N5O3/c1-18-16-24-17-19(2)35-21(4)32-33-26(35)20(3)25(18)36(24)29(38,15-10-22-8-6-5-7-9-22)39-34-27(37)23-11-13-28(30,31)14-12-23/h5-9,18-21,23-26,32-33,38H,10-17H2,1-4H3,(H,34,37). The van der Waals surface area contributed by atoms with E-state index < -0.39 is 23.7 Å². The molecular weight excluding hydrogens is 504 g/mol. The number of benzene rings is 1. The molecular formula is C29H45F2N5O3. The van der Waals surface area contributed by atoms with Crippen LogP contribution in [-0.4, -0.2) is 63.1 Å². The van der Waals surface area contributed by atoms with Crippen LogP contribution in [-0.2, 0) is 16.1 Å². The monoisotopic (exact) mass is 549 g/mol. The fourth-order valence-corrected chi connectivity index (χ4v) is 7.76.